The van der Waals surface area contributed by atoms with Gasteiger partial charge in [0, 0.05) is 21.0 Å². The van der Waals surface area contributed by atoms with E-state index in [2.05, 4.69) is 15.3 Å². The molecule has 0 fully saturated rings. The van der Waals surface area contributed by atoms with Crippen LogP contribution in [0.4, 0.5) is 5.69 Å². The summed E-state index contributed by atoms with van der Waals surface area (Å²) in [6.07, 6.45) is 6.29. The zero-order valence-electron chi connectivity index (χ0n) is 14.3. The van der Waals surface area contributed by atoms with Gasteiger partial charge in [-0.25, -0.2) is 9.97 Å². The van der Waals surface area contributed by atoms with E-state index in [9.17, 15) is 4.79 Å². The maximum Gasteiger partial charge on any atom is 0.234 e. The Balaban J connectivity index is 1.52. The van der Waals surface area contributed by atoms with Crippen LogP contribution in [0.3, 0.4) is 0 Å². The maximum absolute atomic E-state index is 12.4. The summed E-state index contributed by atoms with van der Waals surface area (Å²) < 4.78 is 0. The van der Waals surface area contributed by atoms with Gasteiger partial charge in [-0.05, 0) is 55.9 Å². The first kappa shape index (κ1) is 17.8. The van der Waals surface area contributed by atoms with Crippen LogP contribution in [-0.2, 0) is 17.6 Å². The van der Waals surface area contributed by atoms with Crippen LogP contribution in [0.2, 0.25) is 5.02 Å². The summed E-state index contributed by atoms with van der Waals surface area (Å²) in [6, 6.07) is 5.52. The standard InChI is InChI=1S/C19H18ClN3OS2/c1-11-13(20)6-4-7-14(11)23-16(24)9-25-18-17-12-5-2-3-8-15(12)26-19(17)22-10-21-18/h4,6-7,10H,2-3,5,8-9H2,1H3,(H,23,24). The highest BCUT2D eigenvalue weighted by molar-refractivity contribution is 8.00. The second-order valence-electron chi connectivity index (χ2n) is 6.32. The van der Waals surface area contributed by atoms with Gasteiger partial charge in [0.25, 0.3) is 0 Å². The Hall–Kier alpha value is -1.63. The molecule has 1 amide bonds. The predicted molar refractivity (Wildman–Crippen MR) is 110 cm³/mol. The summed E-state index contributed by atoms with van der Waals surface area (Å²) in [4.78, 5) is 23.8. The Kier molecular flexibility index (Phi) is 5.16. The number of thioether (sulfide) groups is 1. The number of thiophene rings is 1. The number of aromatic nitrogens is 2. The number of nitrogens with one attached hydrogen (secondary N) is 1. The van der Waals surface area contributed by atoms with Crippen molar-refractivity contribution in [3.8, 4) is 0 Å². The first-order valence-corrected chi connectivity index (χ1v) is 10.7. The maximum atomic E-state index is 12.4. The molecule has 1 aliphatic carbocycles. The third-order valence-electron chi connectivity index (χ3n) is 4.60. The van der Waals surface area contributed by atoms with Gasteiger partial charge in [-0.2, -0.15) is 0 Å². The molecular formula is C19H18ClN3OS2. The van der Waals surface area contributed by atoms with E-state index in [1.54, 1.807) is 17.7 Å². The van der Waals surface area contributed by atoms with Crippen molar-refractivity contribution in [2.24, 2.45) is 0 Å². The van der Waals surface area contributed by atoms with E-state index in [-0.39, 0.29) is 5.91 Å². The van der Waals surface area contributed by atoms with Gasteiger partial charge in [0.2, 0.25) is 5.91 Å². The fourth-order valence-electron chi connectivity index (χ4n) is 3.23. The zero-order chi connectivity index (χ0) is 18.1. The molecule has 0 saturated carbocycles. The Labute approximate surface area is 165 Å². The van der Waals surface area contributed by atoms with E-state index in [0.29, 0.717) is 10.8 Å². The van der Waals surface area contributed by atoms with Crippen molar-refractivity contribution in [3.63, 3.8) is 0 Å². The van der Waals surface area contributed by atoms with E-state index < -0.39 is 0 Å². The Morgan fingerprint density at radius 1 is 1.31 bits per heavy atom. The van der Waals surface area contributed by atoms with Crippen LogP contribution in [0.5, 0.6) is 0 Å². The molecular weight excluding hydrogens is 386 g/mol. The largest absolute Gasteiger partial charge is 0.325 e. The number of hydrogen-bond donors (Lipinski definition) is 1. The highest BCUT2D eigenvalue weighted by Gasteiger charge is 2.20. The number of aryl methyl sites for hydroxylation is 2. The van der Waals surface area contributed by atoms with E-state index in [4.69, 9.17) is 11.6 Å². The minimum Gasteiger partial charge on any atom is -0.325 e. The molecule has 0 bridgehead atoms. The summed E-state index contributed by atoms with van der Waals surface area (Å²) >= 11 is 9.37. The molecule has 0 unspecified atom stereocenters. The smallest absolute Gasteiger partial charge is 0.234 e. The molecule has 134 valence electrons. The Morgan fingerprint density at radius 3 is 3.04 bits per heavy atom. The number of fused-ring (bicyclic) bond motifs is 3. The molecule has 1 aromatic carbocycles. The molecule has 0 aliphatic heterocycles. The van der Waals surface area contributed by atoms with Crippen LogP contribution in [0.1, 0.15) is 28.8 Å². The SMILES string of the molecule is Cc1c(Cl)cccc1NC(=O)CSc1ncnc2sc3c(c12)CCCC3. The van der Waals surface area contributed by atoms with E-state index in [0.717, 1.165) is 39.3 Å². The first-order valence-electron chi connectivity index (χ1n) is 8.56. The summed E-state index contributed by atoms with van der Waals surface area (Å²) in [5, 5.41) is 5.66. The molecule has 1 aliphatic rings. The number of carbonyl (C=O) groups is 1. The van der Waals surface area contributed by atoms with Gasteiger partial charge >= 0.3 is 0 Å². The number of carbonyl (C=O) groups excluding carboxylic acids is 1. The van der Waals surface area contributed by atoms with Crippen molar-refractivity contribution in [3.05, 3.63) is 45.6 Å². The fourth-order valence-corrected chi connectivity index (χ4v) is 5.53. The molecule has 4 rings (SSSR count). The van der Waals surface area contributed by atoms with Gasteiger partial charge in [-0.1, -0.05) is 29.4 Å². The number of nitrogens with zero attached hydrogens (tertiary/aromatic N) is 2. The molecule has 7 heteroatoms. The normalized spacial score (nSPS) is 13.6. The second kappa shape index (κ2) is 7.55. The van der Waals surface area contributed by atoms with E-state index >= 15 is 0 Å². The molecule has 0 saturated heterocycles. The third-order valence-corrected chi connectivity index (χ3v) is 7.20. The molecule has 1 N–H and O–H groups in total. The van der Waals surface area contributed by atoms with Gasteiger partial charge in [0.15, 0.2) is 0 Å². The van der Waals surface area contributed by atoms with E-state index in [1.807, 2.05) is 25.1 Å². The zero-order valence-corrected chi connectivity index (χ0v) is 16.7. The number of benzene rings is 1. The summed E-state index contributed by atoms with van der Waals surface area (Å²) in [7, 11) is 0. The second-order valence-corrected chi connectivity index (χ2v) is 8.77. The predicted octanol–water partition coefficient (Wildman–Crippen LogP) is 5.26. The number of halogens is 1. The minimum atomic E-state index is -0.0590. The van der Waals surface area contributed by atoms with Crippen LogP contribution < -0.4 is 5.32 Å². The minimum absolute atomic E-state index is 0.0590. The summed E-state index contributed by atoms with van der Waals surface area (Å²) in [5.41, 5.74) is 3.03. The number of rotatable bonds is 4. The van der Waals surface area contributed by atoms with Crippen LogP contribution in [0.15, 0.2) is 29.6 Å². The Bertz CT molecular complexity index is 986. The molecule has 0 atom stereocenters. The Morgan fingerprint density at radius 2 is 2.15 bits per heavy atom. The van der Waals surface area contributed by atoms with Gasteiger partial charge in [0.05, 0.1) is 5.75 Å². The summed E-state index contributed by atoms with van der Waals surface area (Å²) in [6.45, 7) is 1.90. The lowest BCUT2D eigenvalue weighted by Crippen LogP contribution is -2.15. The fraction of sp³-hybridized carbons (Fsp3) is 0.316. The van der Waals surface area contributed by atoms with Crippen molar-refractivity contribution in [1.82, 2.24) is 9.97 Å². The highest BCUT2D eigenvalue weighted by Crippen LogP contribution is 2.39. The first-order chi connectivity index (χ1) is 12.6. The van der Waals surface area contributed by atoms with Crippen LogP contribution in [0, 0.1) is 6.92 Å². The van der Waals surface area contributed by atoms with Gasteiger partial charge in [-0.3, -0.25) is 4.79 Å². The van der Waals surface area contributed by atoms with Crippen LogP contribution in [0.25, 0.3) is 10.2 Å². The average molecular weight is 404 g/mol. The topological polar surface area (TPSA) is 54.9 Å². The monoisotopic (exact) mass is 403 g/mol. The molecule has 3 aromatic rings. The molecule has 2 heterocycles. The van der Waals surface area contributed by atoms with Crippen molar-refractivity contribution < 1.29 is 4.79 Å². The lowest BCUT2D eigenvalue weighted by atomic mass is 9.97. The molecule has 4 nitrogen and oxygen atoms in total. The summed E-state index contributed by atoms with van der Waals surface area (Å²) in [5.74, 6) is 0.249. The lowest BCUT2D eigenvalue weighted by molar-refractivity contribution is -0.113. The molecule has 2 aromatic heterocycles. The van der Waals surface area contributed by atoms with E-state index in [1.165, 1.54) is 35.0 Å². The molecule has 0 spiro atoms. The number of amides is 1. The number of anilines is 1. The van der Waals surface area contributed by atoms with Crippen LogP contribution >= 0.6 is 34.7 Å². The average Bonchev–Trinajstić information content (AvgIpc) is 3.03. The third kappa shape index (κ3) is 3.46. The van der Waals surface area contributed by atoms with Gasteiger partial charge < -0.3 is 5.32 Å². The molecule has 0 radical (unpaired) electrons. The highest BCUT2D eigenvalue weighted by atomic mass is 35.5. The van der Waals surface area contributed by atoms with Crippen LogP contribution in [-0.4, -0.2) is 21.6 Å². The lowest BCUT2D eigenvalue weighted by Gasteiger charge is -2.12. The van der Waals surface area contributed by atoms with Crippen molar-refractivity contribution >= 4 is 56.5 Å². The van der Waals surface area contributed by atoms with Crippen molar-refractivity contribution in [2.45, 2.75) is 37.6 Å². The van der Waals surface area contributed by atoms with Crippen molar-refractivity contribution in [1.29, 1.82) is 0 Å². The quantitative estimate of drug-likeness (QED) is 0.476. The van der Waals surface area contributed by atoms with Gasteiger partial charge in [-0.15, -0.1) is 11.3 Å². The molecule has 26 heavy (non-hydrogen) atoms. The number of hydrogen-bond acceptors (Lipinski definition) is 5. The van der Waals surface area contributed by atoms with Gasteiger partial charge in [0.1, 0.15) is 16.2 Å². The van der Waals surface area contributed by atoms with Crippen molar-refractivity contribution in [2.75, 3.05) is 11.1 Å².